The monoisotopic (exact) mass is 642 g/mol. The number of rotatable bonds is 13. The number of hydrogen-bond donors (Lipinski definition) is 14. The number of nitrogens with two attached hydrogens (primary N) is 3. The summed E-state index contributed by atoms with van der Waals surface area (Å²) in [5, 5.41) is 91.8. The Hall–Kier alpha value is -1.21. The molecule has 1 aliphatic carbocycles. The van der Waals surface area contributed by atoms with Crippen molar-refractivity contribution < 1.29 is 64.6 Å². The van der Waals surface area contributed by atoms with E-state index in [1.807, 2.05) is 0 Å². The molecule has 1 amide bonds. The molecule has 17 N–H and O–H groups in total. The fourth-order valence-electron chi connectivity index (χ4n) is 5.67. The van der Waals surface area contributed by atoms with Gasteiger partial charge in [-0.05, 0) is 20.4 Å². The number of nitrogens with one attached hydrogen (secondary N) is 3. The molecule has 0 radical (unpaired) electrons. The normalized spacial score (nSPS) is 44.6. The lowest BCUT2D eigenvalue weighted by Gasteiger charge is -2.49. The van der Waals surface area contributed by atoms with Gasteiger partial charge in [0.05, 0.1) is 25.3 Å². The van der Waals surface area contributed by atoms with Gasteiger partial charge in [-0.3, -0.25) is 4.79 Å². The maximum Gasteiger partial charge on any atom is 0.250 e. The lowest BCUT2D eigenvalue weighted by molar-refractivity contribution is -0.330. The van der Waals surface area contributed by atoms with Crippen LogP contribution in [0.5, 0.6) is 0 Å². The molecule has 2 unspecified atom stereocenters. The standard InChI is InChI=1S/C25H50N6O13/c1-25(40)8-41-23(18(38)21(25)29-2)44-20-11(31-22(39)12(33)4-26)3-10(28)19(17(20)37)43-24-16(36)15(35)14(34)13(42-24)6-30-5-9(27)7-32/h9-21,23-24,29-30,32-38,40H,3-8,26-28H2,1-2H3,(H,31,39)/t9?,10-,11+,12-,13+,14+,15-,16+,17-,18+,19?,20-,21+,23+,24+,25-/m0/s1. The van der Waals surface area contributed by atoms with Crippen molar-refractivity contribution in [1.29, 1.82) is 0 Å². The van der Waals surface area contributed by atoms with Gasteiger partial charge in [-0.25, -0.2) is 0 Å². The Morgan fingerprint density at radius 1 is 1.05 bits per heavy atom. The summed E-state index contributed by atoms with van der Waals surface area (Å²) >= 11 is 0. The van der Waals surface area contributed by atoms with Crippen molar-refractivity contribution in [2.45, 2.75) is 111 Å². The average molecular weight is 643 g/mol. The van der Waals surface area contributed by atoms with Crippen molar-refractivity contribution >= 4 is 5.91 Å². The van der Waals surface area contributed by atoms with Gasteiger partial charge >= 0.3 is 0 Å². The maximum atomic E-state index is 12.5. The van der Waals surface area contributed by atoms with E-state index in [2.05, 4.69) is 16.0 Å². The van der Waals surface area contributed by atoms with Crippen LogP contribution in [0.3, 0.4) is 0 Å². The van der Waals surface area contributed by atoms with Crippen LogP contribution in [0.1, 0.15) is 13.3 Å². The molecule has 3 fully saturated rings. The minimum atomic E-state index is -1.76. The summed E-state index contributed by atoms with van der Waals surface area (Å²) in [6.45, 7) is 0.623. The predicted octanol–water partition coefficient (Wildman–Crippen LogP) is -8.57. The van der Waals surface area contributed by atoms with E-state index in [4.69, 9.17) is 41.3 Å². The number of aliphatic hydroxyl groups excluding tert-OH is 7. The Kier molecular flexibility index (Phi) is 13.6. The first kappa shape index (κ1) is 37.2. The third-order valence-electron chi connectivity index (χ3n) is 8.25. The third kappa shape index (κ3) is 8.57. The summed E-state index contributed by atoms with van der Waals surface area (Å²) in [4.78, 5) is 12.5. The second-order valence-electron chi connectivity index (χ2n) is 11.9. The zero-order valence-electron chi connectivity index (χ0n) is 24.8. The first-order valence-corrected chi connectivity index (χ1v) is 14.6. The van der Waals surface area contributed by atoms with Crippen LogP contribution in [-0.2, 0) is 23.7 Å². The van der Waals surface area contributed by atoms with Gasteiger partial charge in [0.15, 0.2) is 12.6 Å². The van der Waals surface area contributed by atoms with Crippen LogP contribution in [0.25, 0.3) is 0 Å². The lowest BCUT2D eigenvalue weighted by atomic mass is 9.83. The molecule has 44 heavy (non-hydrogen) atoms. The summed E-state index contributed by atoms with van der Waals surface area (Å²) in [5.74, 6) is -0.870. The molecule has 2 saturated heterocycles. The molecule has 0 aromatic rings. The Labute approximate surface area is 254 Å². The summed E-state index contributed by atoms with van der Waals surface area (Å²) < 4.78 is 23.1. The summed E-state index contributed by atoms with van der Waals surface area (Å²) in [7, 11) is 1.52. The number of ether oxygens (including phenoxy) is 4. The highest BCUT2D eigenvalue weighted by Gasteiger charge is 2.53. The number of hydrogen-bond acceptors (Lipinski definition) is 18. The number of likely N-dealkylation sites (N-methyl/N-ethyl adjacent to an activating group) is 1. The van der Waals surface area contributed by atoms with E-state index in [9.17, 15) is 40.5 Å². The van der Waals surface area contributed by atoms with Crippen molar-refractivity contribution in [3.63, 3.8) is 0 Å². The number of amides is 1. The zero-order chi connectivity index (χ0) is 32.9. The first-order valence-electron chi connectivity index (χ1n) is 14.6. The Balaban J connectivity index is 1.80. The highest BCUT2D eigenvalue weighted by Crippen LogP contribution is 2.32. The molecule has 3 rings (SSSR count). The minimum absolute atomic E-state index is 0.0472. The van der Waals surface area contributed by atoms with Crippen LogP contribution in [0.4, 0.5) is 0 Å². The van der Waals surface area contributed by atoms with Crippen molar-refractivity contribution in [1.82, 2.24) is 16.0 Å². The molecule has 1 saturated carbocycles. The van der Waals surface area contributed by atoms with Crippen LogP contribution >= 0.6 is 0 Å². The van der Waals surface area contributed by atoms with Gasteiger partial charge in [0.2, 0.25) is 5.91 Å². The van der Waals surface area contributed by atoms with Crippen LogP contribution < -0.4 is 33.2 Å². The smallest absolute Gasteiger partial charge is 0.250 e. The van der Waals surface area contributed by atoms with E-state index in [1.54, 1.807) is 0 Å². The molecule has 19 heteroatoms. The van der Waals surface area contributed by atoms with Gasteiger partial charge in [-0.1, -0.05) is 0 Å². The van der Waals surface area contributed by atoms with E-state index in [-0.39, 0.29) is 39.3 Å². The summed E-state index contributed by atoms with van der Waals surface area (Å²) in [6, 6.07) is -3.59. The zero-order valence-corrected chi connectivity index (χ0v) is 24.8. The Morgan fingerprint density at radius 2 is 1.70 bits per heavy atom. The molecule has 16 atom stereocenters. The Bertz CT molecular complexity index is 911. The molecule has 3 aliphatic rings. The molecule has 258 valence electrons. The Morgan fingerprint density at radius 3 is 2.32 bits per heavy atom. The summed E-state index contributed by atoms with van der Waals surface area (Å²) in [5.41, 5.74) is 15.9. The van der Waals surface area contributed by atoms with Crippen molar-refractivity contribution in [2.24, 2.45) is 17.2 Å². The van der Waals surface area contributed by atoms with Crippen molar-refractivity contribution in [3.8, 4) is 0 Å². The molecule has 2 heterocycles. The molecule has 0 bridgehead atoms. The van der Waals surface area contributed by atoms with Crippen LogP contribution in [-0.4, -0.2) is 184 Å². The fraction of sp³-hybridized carbons (Fsp3) is 0.960. The van der Waals surface area contributed by atoms with E-state index in [0.29, 0.717) is 0 Å². The summed E-state index contributed by atoms with van der Waals surface area (Å²) in [6.07, 6.45) is -16.6. The highest BCUT2D eigenvalue weighted by molar-refractivity contribution is 5.81. The average Bonchev–Trinajstić information content (AvgIpc) is 2.98. The van der Waals surface area contributed by atoms with Crippen LogP contribution in [0.15, 0.2) is 0 Å². The second kappa shape index (κ2) is 16.1. The van der Waals surface area contributed by atoms with Gasteiger partial charge in [0.25, 0.3) is 0 Å². The first-order chi connectivity index (χ1) is 20.7. The minimum Gasteiger partial charge on any atom is -0.395 e. The largest absolute Gasteiger partial charge is 0.395 e. The molecule has 0 aromatic heterocycles. The molecule has 0 spiro atoms. The number of carbonyl (C=O) groups excluding carboxylic acids is 1. The molecule has 2 aliphatic heterocycles. The quantitative estimate of drug-likeness (QED) is 0.0886. The van der Waals surface area contributed by atoms with Crippen LogP contribution in [0.2, 0.25) is 0 Å². The van der Waals surface area contributed by atoms with E-state index < -0.39 is 103 Å². The molecule has 19 nitrogen and oxygen atoms in total. The fourth-order valence-corrected chi connectivity index (χ4v) is 5.67. The van der Waals surface area contributed by atoms with E-state index in [1.165, 1.54) is 14.0 Å². The SMILES string of the molecule is CN[C@@H]1[C@@H](O)[C@@H](O[C@H]2[C@H](NC(=O)[C@@H](O)CN)C[C@H](N)C(O[C@H]3O[C@H](CNCC(N)CO)[C@@H](O)[C@H](O)[C@H]3O)[C@@H]2O)OC[C@]1(C)O. The lowest BCUT2D eigenvalue weighted by Crippen LogP contribution is -2.70. The van der Waals surface area contributed by atoms with Gasteiger partial charge in [0, 0.05) is 31.7 Å². The van der Waals surface area contributed by atoms with Gasteiger partial charge in [-0.2, -0.15) is 0 Å². The number of aliphatic hydroxyl groups is 8. The highest BCUT2D eigenvalue weighted by atomic mass is 16.7. The topological polar surface area (TPSA) is 330 Å². The maximum absolute atomic E-state index is 12.5. The second-order valence-corrected chi connectivity index (χ2v) is 11.9. The van der Waals surface area contributed by atoms with E-state index in [0.717, 1.165) is 0 Å². The van der Waals surface area contributed by atoms with E-state index >= 15 is 0 Å². The molecular weight excluding hydrogens is 592 g/mol. The van der Waals surface area contributed by atoms with Gasteiger partial charge in [-0.15, -0.1) is 0 Å². The number of carbonyl (C=O) groups is 1. The van der Waals surface area contributed by atoms with Crippen molar-refractivity contribution in [3.05, 3.63) is 0 Å². The van der Waals surface area contributed by atoms with Crippen molar-refractivity contribution in [2.75, 3.05) is 39.9 Å². The molecular formula is C25H50N6O13. The predicted molar refractivity (Wildman–Crippen MR) is 149 cm³/mol. The third-order valence-corrected chi connectivity index (χ3v) is 8.25. The molecule has 0 aromatic carbocycles. The van der Waals surface area contributed by atoms with Crippen LogP contribution in [0, 0.1) is 0 Å². The van der Waals surface area contributed by atoms with Gasteiger partial charge < -0.3 is 93.0 Å². The van der Waals surface area contributed by atoms with Gasteiger partial charge in [0.1, 0.15) is 60.5 Å².